The number of hydrogen-bond donors (Lipinski definition) is 1. The highest BCUT2D eigenvalue weighted by Gasteiger charge is 2.47. The van der Waals surface area contributed by atoms with Gasteiger partial charge in [-0.05, 0) is 31.5 Å². The first-order valence-corrected chi connectivity index (χ1v) is 8.49. The molecule has 5 rings (SSSR count). The lowest BCUT2D eigenvalue weighted by Gasteiger charge is -2.50. The van der Waals surface area contributed by atoms with Gasteiger partial charge in [0.1, 0.15) is 0 Å². The molecule has 3 saturated heterocycles. The highest BCUT2D eigenvalue weighted by molar-refractivity contribution is 7.88. The second-order valence-corrected chi connectivity index (χ2v) is 7.12. The number of fused-ring (bicyclic) bond motifs is 2. The lowest BCUT2D eigenvalue weighted by Crippen LogP contribution is -2.62. The number of nitrogens with zero attached hydrogens (tertiary/aromatic N) is 2. The third kappa shape index (κ3) is 1.90. The van der Waals surface area contributed by atoms with Crippen LogP contribution in [-0.2, 0) is 10.2 Å². The molecule has 4 aliphatic rings. The Kier molecular flexibility index (Phi) is 2.73. The van der Waals surface area contributed by atoms with Gasteiger partial charge in [-0.3, -0.25) is 4.90 Å². The van der Waals surface area contributed by atoms with Crippen LogP contribution in [0.2, 0.25) is 0 Å². The minimum absolute atomic E-state index is 0.0911. The van der Waals surface area contributed by atoms with Crippen molar-refractivity contribution >= 4 is 15.9 Å². The Labute approximate surface area is 118 Å². The summed E-state index contributed by atoms with van der Waals surface area (Å²) >= 11 is 0. The van der Waals surface area contributed by atoms with E-state index in [9.17, 15) is 8.42 Å². The molecule has 20 heavy (non-hydrogen) atoms. The number of hydrogen-bond acceptors (Lipinski definition) is 3. The molecule has 1 aromatic rings. The van der Waals surface area contributed by atoms with Gasteiger partial charge < -0.3 is 0 Å². The summed E-state index contributed by atoms with van der Waals surface area (Å²) in [5.74, 6) is 0.341. The monoisotopic (exact) mass is 291 g/mol. The average molecular weight is 291 g/mol. The number of benzene rings is 1. The summed E-state index contributed by atoms with van der Waals surface area (Å²) in [5, 5.41) is 0. The van der Waals surface area contributed by atoms with E-state index in [4.69, 9.17) is 0 Å². The lowest BCUT2D eigenvalue weighted by molar-refractivity contribution is 0.125. The smallest absolute Gasteiger partial charge is 0.293 e. The molecule has 1 N–H and O–H groups in total. The SMILES string of the molecule is O=S1(=O)N=C2C3CCN(CC3)C2C(c2ccccc2)N1. The second kappa shape index (κ2) is 4.38. The van der Waals surface area contributed by atoms with Crippen molar-refractivity contribution in [3.63, 3.8) is 0 Å². The molecule has 0 aliphatic carbocycles. The first-order valence-electron chi connectivity index (χ1n) is 7.05. The maximum Gasteiger partial charge on any atom is 0.320 e. The van der Waals surface area contributed by atoms with Crippen LogP contribution in [0.1, 0.15) is 24.4 Å². The summed E-state index contributed by atoms with van der Waals surface area (Å²) in [6.45, 7) is 2.08. The van der Waals surface area contributed by atoms with Crippen LogP contribution >= 0.6 is 0 Å². The van der Waals surface area contributed by atoms with Crippen molar-refractivity contribution < 1.29 is 8.42 Å². The minimum Gasteiger partial charge on any atom is -0.293 e. The highest BCUT2D eigenvalue weighted by atomic mass is 32.2. The molecule has 3 fully saturated rings. The lowest BCUT2D eigenvalue weighted by atomic mass is 9.77. The van der Waals surface area contributed by atoms with Crippen LogP contribution in [0, 0.1) is 5.92 Å². The van der Waals surface area contributed by atoms with Crippen molar-refractivity contribution in [2.45, 2.75) is 24.9 Å². The minimum atomic E-state index is -3.56. The molecule has 2 bridgehead atoms. The summed E-state index contributed by atoms with van der Waals surface area (Å²) < 4.78 is 30.9. The topological polar surface area (TPSA) is 61.8 Å². The average Bonchev–Trinajstić information content (AvgIpc) is 2.47. The normalized spacial score (nSPS) is 38.1. The molecule has 4 aliphatic heterocycles. The van der Waals surface area contributed by atoms with Crippen LogP contribution in [0.3, 0.4) is 0 Å². The van der Waals surface area contributed by atoms with Crippen LogP contribution in [0.15, 0.2) is 34.7 Å². The van der Waals surface area contributed by atoms with E-state index in [1.54, 1.807) is 0 Å². The van der Waals surface area contributed by atoms with Gasteiger partial charge in [-0.1, -0.05) is 30.3 Å². The van der Waals surface area contributed by atoms with Crippen LogP contribution in [0.5, 0.6) is 0 Å². The molecule has 0 amide bonds. The third-order valence-electron chi connectivity index (χ3n) is 4.62. The number of nitrogens with one attached hydrogen (secondary N) is 1. The van der Waals surface area contributed by atoms with Gasteiger partial charge in [-0.15, -0.1) is 0 Å². The molecule has 106 valence electrons. The van der Waals surface area contributed by atoms with Gasteiger partial charge in [0.25, 0.3) is 0 Å². The predicted molar refractivity (Wildman–Crippen MR) is 76.8 cm³/mol. The molecule has 0 spiro atoms. The van der Waals surface area contributed by atoms with E-state index in [1.807, 2.05) is 30.3 Å². The summed E-state index contributed by atoms with van der Waals surface area (Å²) in [5.41, 5.74) is 1.89. The van der Waals surface area contributed by atoms with Crippen molar-refractivity contribution in [2.24, 2.45) is 10.3 Å². The fraction of sp³-hybridized carbons (Fsp3) is 0.500. The molecule has 0 radical (unpaired) electrons. The van der Waals surface area contributed by atoms with Gasteiger partial charge >= 0.3 is 10.2 Å². The van der Waals surface area contributed by atoms with E-state index in [0.29, 0.717) is 5.92 Å². The molecular formula is C14H17N3O2S. The molecule has 4 heterocycles. The first-order chi connectivity index (χ1) is 9.64. The van der Waals surface area contributed by atoms with Gasteiger partial charge in [0.15, 0.2) is 0 Å². The van der Waals surface area contributed by atoms with Crippen LogP contribution in [-0.4, -0.2) is 38.2 Å². The molecule has 2 unspecified atom stereocenters. The molecule has 1 aromatic carbocycles. The summed E-state index contributed by atoms with van der Waals surface area (Å²) in [7, 11) is -3.56. The van der Waals surface area contributed by atoms with E-state index < -0.39 is 10.2 Å². The van der Waals surface area contributed by atoms with Crippen molar-refractivity contribution in [1.29, 1.82) is 0 Å². The van der Waals surface area contributed by atoms with Crippen molar-refractivity contribution in [1.82, 2.24) is 9.62 Å². The Morgan fingerprint density at radius 3 is 2.55 bits per heavy atom. The fourth-order valence-electron chi connectivity index (χ4n) is 3.71. The van der Waals surface area contributed by atoms with Crippen molar-refractivity contribution in [3.8, 4) is 0 Å². The summed E-state index contributed by atoms with van der Waals surface area (Å²) in [6, 6.07) is 9.70. The molecule has 0 aromatic heterocycles. The fourth-order valence-corrected chi connectivity index (χ4v) is 4.89. The number of piperidine rings is 3. The van der Waals surface area contributed by atoms with Crippen molar-refractivity contribution in [2.75, 3.05) is 13.1 Å². The molecular weight excluding hydrogens is 274 g/mol. The van der Waals surface area contributed by atoms with Gasteiger partial charge in [0.05, 0.1) is 17.8 Å². The largest absolute Gasteiger partial charge is 0.320 e. The Morgan fingerprint density at radius 2 is 1.85 bits per heavy atom. The van der Waals surface area contributed by atoms with E-state index in [1.165, 1.54) is 0 Å². The number of rotatable bonds is 1. The van der Waals surface area contributed by atoms with E-state index in [2.05, 4.69) is 14.0 Å². The van der Waals surface area contributed by atoms with Crippen molar-refractivity contribution in [3.05, 3.63) is 35.9 Å². The van der Waals surface area contributed by atoms with Gasteiger partial charge in [-0.2, -0.15) is 17.5 Å². The van der Waals surface area contributed by atoms with Gasteiger partial charge in [0.2, 0.25) is 0 Å². The Balaban J connectivity index is 1.83. The zero-order valence-corrected chi connectivity index (χ0v) is 11.9. The van der Waals surface area contributed by atoms with E-state index in [-0.39, 0.29) is 12.1 Å². The molecule has 0 saturated carbocycles. The second-order valence-electron chi connectivity index (χ2n) is 5.75. The molecule has 6 heteroatoms. The van der Waals surface area contributed by atoms with E-state index in [0.717, 1.165) is 37.2 Å². The van der Waals surface area contributed by atoms with Crippen LogP contribution in [0.4, 0.5) is 0 Å². The first kappa shape index (κ1) is 12.5. The highest BCUT2D eigenvalue weighted by Crippen LogP contribution is 2.38. The molecule has 2 atom stereocenters. The van der Waals surface area contributed by atoms with Crippen LogP contribution in [0.25, 0.3) is 0 Å². The molecule has 5 nitrogen and oxygen atoms in total. The predicted octanol–water partition coefficient (Wildman–Crippen LogP) is 1.11. The zero-order chi connectivity index (χ0) is 13.7. The zero-order valence-electron chi connectivity index (χ0n) is 11.1. The third-order valence-corrected chi connectivity index (χ3v) is 5.62. The maximum absolute atomic E-state index is 12.0. The Morgan fingerprint density at radius 1 is 1.15 bits per heavy atom. The summed E-state index contributed by atoms with van der Waals surface area (Å²) in [4.78, 5) is 2.37. The van der Waals surface area contributed by atoms with Gasteiger partial charge in [0, 0.05) is 5.92 Å². The Bertz CT molecular complexity index is 648. The van der Waals surface area contributed by atoms with Gasteiger partial charge in [-0.25, -0.2) is 0 Å². The van der Waals surface area contributed by atoms with Crippen LogP contribution < -0.4 is 4.72 Å². The summed E-state index contributed by atoms with van der Waals surface area (Å²) in [6.07, 6.45) is 2.07. The standard InChI is InChI=1S/C14H17N3O2S/c18-20(19)15-12(10-4-2-1-3-5-10)14-13(16-20)11-6-8-17(14)9-7-11/h1-5,11-12,14-15H,6-9H2. The van der Waals surface area contributed by atoms with E-state index >= 15 is 0 Å². The Hall–Kier alpha value is -1.24. The quantitative estimate of drug-likeness (QED) is 0.843. The maximum atomic E-state index is 12.0.